The van der Waals surface area contributed by atoms with Crippen LogP contribution in [0.3, 0.4) is 0 Å². The number of hydrogen-bond acceptors (Lipinski definition) is 6. The number of esters is 1. The average Bonchev–Trinajstić information content (AvgIpc) is 2.66. The first kappa shape index (κ1) is 13.0. The van der Waals surface area contributed by atoms with Gasteiger partial charge in [-0.3, -0.25) is 4.79 Å². The summed E-state index contributed by atoms with van der Waals surface area (Å²) in [6.07, 6.45) is 0. The lowest BCUT2D eigenvalue weighted by atomic mass is 9.86. The maximum Gasteiger partial charge on any atom is 0.346 e. The normalized spacial score (nSPS) is 29.9. The van der Waals surface area contributed by atoms with Gasteiger partial charge in [-0.2, -0.15) is 0 Å². The molecule has 2 rings (SSSR count). The van der Waals surface area contributed by atoms with Crippen LogP contribution in [0.1, 0.15) is 20.8 Å². The molecule has 0 aromatic heterocycles. The quantitative estimate of drug-likeness (QED) is 0.697. The van der Waals surface area contributed by atoms with Gasteiger partial charge in [-0.15, -0.1) is 0 Å². The summed E-state index contributed by atoms with van der Waals surface area (Å²) in [7, 11) is 0. The largest absolute Gasteiger partial charge is 0.490 e. The van der Waals surface area contributed by atoms with Crippen molar-refractivity contribution in [2.45, 2.75) is 32.0 Å². The van der Waals surface area contributed by atoms with Crippen LogP contribution in [-0.2, 0) is 23.8 Å². The van der Waals surface area contributed by atoms with Crippen molar-refractivity contribution in [1.29, 1.82) is 0 Å². The van der Waals surface area contributed by atoms with Crippen LogP contribution in [-0.4, -0.2) is 47.9 Å². The Hall–Kier alpha value is -1.40. The molecule has 0 aromatic carbocycles. The Balaban J connectivity index is 2.46. The third-order valence-electron chi connectivity index (χ3n) is 3.07. The Morgan fingerprint density at radius 1 is 1.50 bits per heavy atom. The lowest BCUT2D eigenvalue weighted by Crippen LogP contribution is -2.48. The number of ether oxygens (including phenoxy) is 3. The van der Waals surface area contributed by atoms with Gasteiger partial charge in [0.15, 0.2) is 5.78 Å². The highest BCUT2D eigenvalue weighted by atomic mass is 16.6. The van der Waals surface area contributed by atoms with Gasteiger partial charge >= 0.3 is 5.97 Å². The fraction of sp³-hybridized carbons (Fsp3) is 0.667. The van der Waals surface area contributed by atoms with Crippen molar-refractivity contribution < 1.29 is 28.9 Å². The average molecular weight is 256 g/mol. The molecule has 1 N–H and O–H groups in total. The Morgan fingerprint density at radius 2 is 2.17 bits per heavy atom. The summed E-state index contributed by atoms with van der Waals surface area (Å²) in [4.78, 5) is 23.7. The van der Waals surface area contributed by atoms with E-state index in [1.165, 1.54) is 0 Å². The minimum atomic E-state index is -2.01. The lowest BCUT2D eigenvalue weighted by Gasteiger charge is -2.31. The molecule has 100 valence electrons. The van der Waals surface area contributed by atoms with Crippen LogP contribution in [0, 0.1) is 0 Å². The molecule has 18 heavy (non-hydrogen) atoms. The SMILES string of the molecule is CCOC(=O)C1(O)COC2=C1C(=O)COC2(C)C. The highest BCUT2D eigenvalue weighted by Gasteiger charge is 2.56. The van der Waals surface area contributed by atoms with Gasteiger partial charge in [-0.25, -0.2) is 4.79 Å². The van der Waals surface area contributed by atoms with E-state index in [0.29, 0.717) is 0 Å². The van der Waals surface area contributed by atoms with Crippen LogP contribution in [0.25, 0.3) is 0 Å². The van der Waals surface area contributed by atoms with Gasteiger partial charge in [0.05, 0.1) is 12.2 Å². The summed E-state index contributed by atoms with van der Waals surface area (Å²) in [6, 6.07) is 0. The number of rotatable bonds is 2. The van der Waals surface area contributed by atoms with Crippen LogP contribution in [0.2, 0.25) is 0 Å². The molecule has 0 radical (unpaired) electrons. The van der Waals surface area contributed by atoms with Gasteiger partial charge in [0.1, 0.15) is 24.6 Å². The van der Waals surface area contributed by atoms with Gasteiger partial charge < -0.3 is 19.3 Å². The second-order valence-electron chi connectivity index (χ2n) is 4.80. The molecule has 2 heterocycles. The van der Waals surface area contributed by atoms with Crippen LogP contribution in [0.5, 0.6) is 0 Å². The molecule has 0 aliphatic carbocycles. The maximum atomic E-state index is 11.9. The molecule has 0 aromatic rings. The standard InChI is InChI=1S/C12H16O6/c1-4-16-10(14)12(15)6-17-9-8(12)7(13)5-18-11(9,2)3/h15H,4-6H2,1-3H3. The molecule has 2 aliphatic heterocycles. The molecule has 0 spiro atoms. The maximum absolute atomic E-state index is 11.9. The topological polar surface area (TPSA) is 82.1 Å². The van der Waals surface area contributed by atoms with Crippen LogP contribution in [0.4, 0.5) is 0 Å². The molecule has 0 saturated heterocycles. The molecular weight excluding hydrogens is 240 g/mol. The van der Waals surface area contributed by atoms with Crippen molar-refractivity contribution >= 4 is 11.8 Å². The van der Waals surface area contributed by atoms with E-state index >= 15 is 0 Å². The Labute approximate surface area is 105 Å². The summed E-state index contributed by atoms with van der Waals surface area (Å²) in [5.41, 5.74) is -2.87. The Bertz CT molecular complexity index is 436. The van der Waals surface area contributed by atoms with Gasteiger partial charge in [0.2, 0.25) is 5.60 Å². The van der Waals surface area contributed by atoms with E-state index in [1.54, 1.807) is 20.8 Å². The van der Waals surface area contributed by atoms with E-state index in [0.717, 1.165) is 0 Å². The van der Waals surface area contributed by atoms with Crippen LogP contribution < -0.4 is 0 Å². The van der Waals surface area contributed by atoms with E-state index in [4.69, 9.17) is 14.2 Å². The van der Waals surface area contributed by atoms with Gasteiger partial charge in [-0.1, -0.05) is 0 Å². The number of carbonyl (C=O) groups excluding carboxylic acids is 2. The lowest BCUT2D eigenvalue weighted by molar-refractivity contribution is -0.163. The Morgan fingerprint density at radius 3 is 2.78 bits per heavy atom. The minimum Gasteiger partial charge on any atom is -0.490 e. The van der Waals surface area contributed by atoms with E-state index in [2.05, 4.69) is 0 Å². The first-order valence-corrected chi connectivity index (χ1v) is 5.77. The van der Waals surface area contributed by atoms with Crippen molar-refractivity contribution in [3.05, 3.63) is 11.3 Å². The molecule has 0 fully saturated rings. The summed E-state index contributed by atoms with van der Waals surface area (Å²) in [5, 5.41) is 10.4. The van der Waals surface area contributed by atoms with E-state index in [1.807, 2.05) is 0 Å². The fourth-order valence-corrected chi connectivity index (χ4v) is 2.14. The van der Waals surface area contributed by atoms with Crippen molar-refractivity contribution in [2.24, 2.45) is 0 Å². The van der Waals surface area contributed by atoms with Crippen LogP contribution in [0.15, 0.2) is 11.3 Å². The minimum absolute atomic E-state index is 0.0304. The molecule has 1 atom stereocenters. The predicted molar refractivity (Wildman–Crippen MR) is 59.6 cm³/mol. The molecule has 0 bridgehead atoms. The predicted octanol–water partition coefficient (Wildman–Crippen LogP) is -0.0572. The number of aliphatic hydroxyl groups is 1. The summed E-state index contributed by atoms with van der Waals surface area (Å²) < 4.78 is 15.4. The molecular formula is C12H16O6. The monoisotopic (exact) mass is 256 g/mol. The summed E-state index contributed by atoms with van der Waals surface area (Å²) >= 11 is 0. The van der Waals surface area contributed by atoms with Crippen molar-refractivity contribution in [2.75, 3.05) is 19.8 Å². The number of carbonyl (C=O) groups is 2. The van der Waals surface area contributed by atoms with Gasteiger partial charge in [0.25, 0.3) is 0 Å². The third-order valence-corrected chi connectivity index (χ3v) is 3.07. The van der Waals surface area contributed by atoms with Crippen molar-refractivity contribution in [1.82, 2.24) is 0 Å². The highest BCUT2D eigenvalue weighted by molar-refractivity contribution is 6.06. The second kappa shape index (κ2) is 4.07. The molecule has 0 amide bonds. The third kappa shape index (κ3) is 1.72. The number of hydrogen-bond donors (Lipinski definition) is 1. The Kier molecular flexibility index (Phi) is 2.95. The fourth-order valence-electron chi connectivity index (χ4n) is 2.14. The van der Waals surface area contributed by atoms with E-state index in [9.17, 15) is 14.7 Å². The van der Waals surface area contributed by atoms with Crippen LogP contribution >= 0.6 is 0 Å². The van der Waals surface area contributed by atoms with E-state index in [-0.39, 0.29) is 31.2 Å². The summed E-state index contributed by atoms with van der Waals surface area (Å²) in [5.74, 6) is -1.09. The van der Waals surface area contributed by atoms with Crippen molar-refractivity contribution in [3.8, 4) is 0 Å². The molecule has 1 unspecified atom stereocenters. The highest BCUT2D eigenvalue weighted by Crippen LogP contribution is 2.41. The first-order chi connectivity index (χ1) is 8.33. The number of ketones is 1. The number of Topliss-reactive ketones (excluding diaryl/α,β-unsaturated/α-hetero) is 1. The zero-order valence-corrected chi connectivity index (χ0v) is 10.6. The zero-order chi connectivity index (χ0) is 13.6. The summed E-state index contributed by atoms with van der Waals surface area (Å²) in [6.45, 7) is 4.68. The van der Waals surface area contributed by atoms with Gasteiger partial charge in [0, 0.05) is 0 Å². The second-order valence-corrected chi connectivity index (χ2v) is 4.80. The zero-order valence-electron chi connectivity index (χ0n) is 10.6. The molecule has 2 aliphatic rings. The molecule has 6 heteroatoms. The van der Waals surface area contributed by atoms with E-state index < -0.39 is 23.0 Å². The molecule has 0 saturated carbocycles. The smallest absolute Gasteiger partial charge is 0.346 e. The van der Waals surface area contributed by atoms with Crippen molar-refractivity contribution in [3.63, 3.8) is 0 Å². The first-order valence-electron chi connectivity index (χ1n) is 5.77. The van der Waals surface area contributed by atoms with Gasteiger partial charge in [-0.05, 0) is 20.8 Å². The molecule has 6 nitrogen and oxygen atoms in total.